The van der Waals surface area contributed by atoms with E-state index in [0.717, 1.165) is 57.8 Å². The summed E-state index contributed by atoms with van der Waals surface area (Å²) in [5.41, 5.74) is 0. The second kappa shape index (κ2) is 37.0. The van der Waals surface area contributed by atoms with Gasteiger partial charge in [0.05, 0.1) is 6.61 Å². The molecule has 1 saturated carbocycles. The molecule has 0 amide bonds. The summed E-state index contributed by atoms with van der Waals surface area (Å²) in [5.74, 6) is -1.36. The number of phosphoric acid groups is 3. The largest absolute Gasteiger partial charge is 0.472 e. The summed E-state index contributed by atoms with van der Waals surface area (Å²) in [7, 11) is -16.6. The number of esters is 2. The summed E-state index contributed by atoms with van der Waals surface area (Å²) in [6, 6.07) is 0. The number of aliphatic hydroxyl groups excluding tert-OH is 3. The van der Waals surface area contributed by atoms with Crippen molar-refractivity contribution in [1.82, 2.24) is 0 Å². The molecule has 0 aromatic rings. The van der Waals surface area contributed by atoms with E-state index in [4.69, 9.17) is 18.5 Å². The minimum atomic E-state index is -5.60. The Hall–Kier alpha value is -1.89. The topological polar surface area (TPSA) is 303 Å². The minimum absolute atomic E-state index is 0.00443. The van der Waals surface area contributed by atoms with Crippen molar-refractivity contribution in [1.29, 1.82) is 0 Å². The maximum Gasteiger partial charge on any atom is 0.472 e. The van der Waals surface area contributed by atoms with Crippen LogP contribution in [0.3, 0.4) is 0 Å². The number of unbranched alkanes of at least 4 members (excludes halogenated alkanes) is 16. The van der Waals surface area contributed by atoms with Gasteiger partial charge < -0.3 is 49.3 Å². The Labute approximate surface area is 397 Å². The fraction of sp³-hybridized carbons (Fsp3) is 0.778. The van der Waals surface area contributed by atoms with Crippen molar-refractivity contribution in [2.24, 2.45) is 0 Å². The highest BCUT2D eigenvalue weighted by atomic mass is 31.2. The molecular weight excluding hydrogens is 937 g/mol. The van der Waals surface area contributed by atoms with Crippen LogP contribution in [0, 0.1) is 0 Å². The monoisotopic (exact) mass is 1020 g/mol. The van der Waals surface area contributed by atoms with E-state index in [0.29, 0.717) is 19.3 Å². The Bertz CT molecular complexity index is 1590. The van der Waals surface area contributed by atoms with Gasteiger partial charge in [0.2, 0.25) is 0 Å². The summed E-state index contributed by atoms with van der Waals surface area (Å²) in [6.07, 6.45) is 22.8. The van der Waals surface area contributed by atoms with E-state index < -0.39 is 91.3 Å². The molecule has 0 aromatic heterocycles. The fourth-order valence-electron chi connectivity index (χ4n) is 7.05. The van der Waals surface area contributed by atoms with Crippen molar-refractivity contribution in [3.8, 4) is 0 Å². The van der Waals surface area contributed by atoms with Crippen LogP contribution in [-0.2, 0) is 50.9 Å². The van der Waals surface area contributed by atoms with Crippen molar-refractivity contribution in [3.63, 3.8) is 0 Å². The van der Waals surface area contributed by atoms with Crippen LogP contribution in [0.2, 0.25) is 0 Å². The average molecular weight is 1020 g/mol. The van der Waals surface area contributed by atoms with Crippen LogP contribution in [0.5, 0.6) is 0 Å². The molecule has 0 saturated heterocycles. The van der Waals surface area contributed by atoms with Crippen molar-refractivity contribution < 1.29 is 90.6 Å². The number of allylic oxidation sites excluding steroid dienone is 8. The molecule has 1 rings (SSSR count). The molecule has 0 bridgehead atoms. The first-order valence-electron chi connectivity index (χ1n) is 23.9. The number of carbonyl (C=O) groups is 2. The van der Waals surface area contributed by atoms with Gasteiger partial charge in [-0.1, -0.05) is 152 Å². The van der Waals surface area contributed by atoms with Crippen LogP contribution in [0.1, 0.15) is 168 Å². The van der Waals surface area contributed by atoms with Gasteiger partial charge in [-0.25, -0.2) is 13.7 Å². The Balaban J connectivity index is 2.77. The maximum atomic E-state index is 13.1. The van der Waals surface area contributed by atoms with Gasteiger partial charge in [0, 0.05) is 12.8 Å². The van der Waals surface area contributed by atoms with Crippen molar-refractivity contribution in [2.75, 3.05) is 13.2 Å². The first-order chi connectivity index (χ1) is 31.8. The third-order valence-corrected chi connectivity index (χ3v) is 12.7. The molecule has 1 aliphatic carbocycles. The zero-order valence-corrected chi connectivity index (χ0v) is 42.1. The lowest BCUT2D eigenvalue weighted by Crippen LogP contribution is -2.65. The van der Waals surface area contributed by atoms with Gasteiger partial charge in [0.1, 0.15) is 43.2 Å². The van der Waals surface area contributed by atoms with Crippen LogP contribution < -0.4 is 0 Å². The van der Waals surface area contributed by atoms with Gasteiger partial charge in [0.15, 0.2) is 6.10 Å². The molecule has 8 N–H and O–H groups in total. The molecule has 390 valence electrons. The lowest BCUT2D eigenvalue weighted by molar-refractivity contribution is -0.213. The van der Waals surface area contributed by atoms with Gasteiger partial charge in [-0.15, -0.1) is 0 Å². The van der Waals surface area contributed by atoms with Crippen molar-refractivity contribution >= 4 is 35.4 Å². The third-order valence-electron chi connectivity index (χ3n) is 10.6. The highest BCUT2D eigenvalue weighted by Crippen LogP contribution is 2.51. The molecule has 22 heteroatoms. The predicted molar refractivity (Wildman–Crippen MR) is 252 cm³/mol. The van der Waals surface area contributed by atoms with Crippen molar-refractivity contribution in [3.05, 3.63) is 48.6 Å². The Morgan fingerprint density at radius 1 is 0.478 bits per heavy atom. The number of hydrogen-bond acceptors (Lipinski definition) is 14. The molecule has 0 aromatic carbocycles. The standard InChI is InChI=1S/C45H81O19P3/c1-3-5-7-9-11-13-15-17-18-19-20-22-23-25-27-29-31-33-38(46)59-35-37(61-39(47)34-32-30-28-26-24-21-16-14-12-10-8-6-4-2)36-60-67(57,58)64-43-40(48)41(49)44(62-65(51,52)53)45(42(43)50)63-66(54,55)56/h11,13,17-18,20,22,25,27,37,40-45,48-50H,3-10,12,14-16,19,21,23-24,26,28-36H2,1-2H3,(H,57,58)(H2,51,52,53)(H2,54,55,56). The number of hydrogen-bond donors (Lipinski definition) is 8. The number of rotatable bonds is 40. The molecule has 0 spiro atoms. The van der Waals surface area contributed by atoms with E-state index in [1.54, 1.807) is 0 Å². The molecule has 1 fully saturated rings. The number of ether oxygens (including phenoxy) is 2. The highest BCUT2D eigenvalue weighted by molar-refractivity contribution is 7.47. The van der Waals surface area contributed by atoms with Crippen LogP contribution in [0.15, 0.2) is 48.6 Å². The van der Waals surface area contributed by atoms with E-state index >= 15 is 0 Å². The van der Waals surface area contributed by atoms with E-state index in [1.165, 1.54) is 64.2 Å². The van der Waals surface area contributed by atoms with Gasteiger partial charge >= 0.3 is 35.4 Å². The van der Waals surface area contributed by atoms with Gasteiger partial charge in [-0.2, -0.15) is 0 Å². The first-order valence-corrected chi connectivity index (χ1v) is 28.5. The molecule has 0 radical (unpaired) electrons. The van der Waals surface area contributed by atoms with Crippen LogP contribution in [0.4, 0.5) is 0 Å². The Morgan fingerprint density at radius 3 is 1.37 bits per heavy atom. The van der Waals surface area contributed by atoms with E-state index in [1.807, 2.05) is 12.2 Å². The molecule has 8 unspecified atom stereocenters. The molecule has 1 aliphatic rings. The minimum Gasteiger partial charge on any atom is -0.462 e. The molecule has 19 nitrogen and oxygen atoms in total. The first kappa shape index (κ1) is 63.1. The second-order valence-electron chi connectivity index (χ2n) is 16.7. The van der Waals surface area contributed by atoms with Crippen LogP contribution in [0.25, 0.3) is 0 Å². The van der Waals surface area contributed by atoms with Gasteiger partial charge in [-0.3, -0.25) is 27.7 Å². The average Bonchev–Trinajstić information content (AvgIpc) is 3.25. The fourth-order valence-corrected chi connectivity index (χ4v) is 9.14. The smallest absolute Gasteiger partial charge is 0.462 e. The normalized spacial score (nSPS) is 22.0. The number of phosphoric ester groups is 3. The van der Waals surface area contributed by atoms with E-state index in [-0.39, 0.29) is 12.8 Å². The summed E-state index contributed by atoms with van der Waals surface area (Å²) < 4.78 is 65.4. The lowest BCUT2D eigenvalue weighted by Gasteiger charge is -2.44. The maximum absolute atomic E-state index is 13.1. The van der Waals surface area contributed by atoms with Crippen LogP contribution in [-0.4, -0.2) is 108 Å². The zero-order chi connectivity index (χ0) is 50.0. The quantitative estimate of drug-likeness (QED) is 0.0123. The van der Waals surface area contributed by atoms with Gasteiger partial charge in [-0.05, 0) is 51.4 Å². The SMILES string of the molecule is CCCCCC=CCC=CCC=CCC=CCCCC(=O)OCC(COP(=O)(O)OC1C(O)C(O)C(OP(=O)(O)O)C(OP(=O)(O)O)C1O)OC(=O)CCCCCCCCCCCCCCC. The van der Waals surface area contributed by atoms with Crippen LogP contribution >= 0.6 is 23.5 Å². The molecule has 0 aliphatic heterocycles. The molecule has 67 heavy (non-hydrogen) atoms. The summed E-state index contributed by atoms with van der Waals surface area (Å²) in [6.45, 7) is 2.86. The second-order valence-corrected chi connectivity index (χ2v) is 20.5. The molecule has 0 heterocycles. The van der Waals surface area contributed by atoms with Gasteiger partial charge in [0.25, 0.3) is 0 Å². The Kier molecular flexibility index (Phi) is 34.8. The zero-order valence-electron chi connectivity index (χ0n) is 39.5. The summed E-state index contributed by atoms with van der Waals surface area (Å²) in [4.78, 5) is 73.1. The predicted octanol–water partition coefficient (Wildman–Crippen LogP) is 8.62. The lowest BCUT2D eigenvalue weighted by atomic mass is 9.85. The summed E-state index contributed by atoms with van der Waals surface area (Å²) >= 11 is 0. The van der Waals surface area contributed by atoms with E-state index in [2.05, 4.69) is 59.4 Å². The highest BCUT2D eigenvalue weighted by Gasteiger charge is 2.56. The number of aliphatic hydroxyl groups is 3. The molecule has 8 atom stereocenters. The van der Waals surface area contributed by atoms with Crippen molar-refractivity contribution in [2.45, 2.75) is 211 Å². The summed E-state index contributed by atoms with van der Waals surface area (Å²) in [5, 5.41) is 31.9. The van der Waals surface area contributed by atoms with E-state index in [9.17, 15) is 63.1 Å². The third kappa shape index (κ3) is 33.4. The number of carbonyl (C=O) groups excluding carboxylic acids is 2. The Morgan fingerprint density at radius 2 is 0.881 bits per heavy atom. The molecular formula is C45H81O19P3.